The van der Waals surface area contributed by atoms with Crippen molar-refractivity contribution in [2.24, 2.45) is 0 Å². The molecule has 1 fully saturated rings. The molecule has 0 spiro atoms. The van der Waals surface area contributed by atoms with Crippen LogP contribution in [0, 0.1) is 5.82 Å². The van der Waals surface area contributed by atoms with Crippen molar-refractivity contribution < 1.29 is 13.9 Å². The van der Waals surface area contributed by atoms with E-state index in [0.29, 0.717) is 17.6 Å². The molecule has 1 heterocycles. The summed E-state index contributed by atoms with van der Waals surface area (Å²) in [5.41, 5.74) is 0. The maximum Gasteiger partial charge on any atom is 0.260 e. The quantitative estimate of drug-likeness (QED) is 0.913. The van der Waals surface area contributed by atoms with Crippen molar-refractivity contribution in [1.29, 1.82) is 0 Å². The second-order valence-electron chi connectivity index (χ2n) is 5.13. The molecule has 4 nitrogen and oxygen atoms in total. The lowest BCUT2D eigenvalue weighted by Gasteiger charge is -2.36. The molecule has 2 rings (SSSR count). The Balaban J connectivity index is 1.91. The van der Waals surface area contributed by atoms with E-state index in [2.05, 4.69) is 21.2 Å². The molecule has 0 radical (unpaired) electrons. The lowest BCUT2D eigenvalue weighted by molar-refractivity contribution is -0.135. The van der Waals surface area contributed by atoms with E-state index in [9.17, 15) is 9.18 Å². The summed E-state index contributed by atoms with van der Waals surface area (Å²) in [6.07, 6.45) is 0. The van der Waals surface area contributed by atoms with Crippen LogP contribution in [0.4, 0.5) is 4.39 Å². The summed E-state index contributed by atoms with van der Waals surface area (Å²) in [7, 11) is 0. The van der Waals surface area contributed by atoms with E-state index in [1.54, 1.807) is 11.0 Å². The fraction of sp³-hybridized carbons (Fsp3) is 0.500. The molecule has 1 aliphatic heterocycles. The highest BCUT2D eigenvalue weighted by molar-refractivity contribution is 9.10. The summed E-state index contributed by atoms with van der Waals surface area (Å²) < 4.78 is 19.5. The van der Waals surface area contributed by atoms with Gasteiger partial charge in [0.05, 0.1) is 0 Å². The number of amides is 1. The first-order chi connectivity index (χ1) is 9.45. The number of hydrogen-bond acceptors (Lipinski definition) is 3. The number of carbonyl (C=O) groups excluding carboxylic acids is 1. The Kier molecular flexibility index (Phi) is 4.99. The summed E-state index contributed by atoms with van der Waals surface area (Å²) in [5, 5.41) is 3.35. The van der Waals surface area contributed by atoms with Gasteiger partial charge in [-0.15, -0.1) is 0 Å². The lowest BCUT2D eigenvalue weighted by atomic mass is 10.1. The van der Waals surface area contributed by atoms with E-state index in [4.69, 9.17) is 4.74 Å². The number of benzene rings is 1. The summed E-state index contributed by atoms with van der Waals surface area (Å²) in [6, 6.07) is 5.02. The Morgan fingerprint density at radius 3 is 2.70 bits per heavy atom. The highest BCUT2D eigenvalue weighted by Gasteiger charge is 2.25. The molecular weight excluding hydrogens is 327 g/mol. The van der Waals surface area contributed by atoms with E-state index in [-0.39, 0.29) is 30.3 Å². The number of carbonyl (C=O) groups is 1. The normalized spacial score (nSPS) is 22.7. The van der Waals surface area contributed by atoms with Crippen molar-refractivity contribution in [1.82, 2.24) is 10.2 Å². The van der Waals surface area contributed by atoms with Gasteiger partial charge >= 0.3 is 0 Å². The number of ether oxygens (including phenoxy) is 1. The van der Waals surface area contributed by atoms with Gasteiger partial charge in [0.2, 0.25) is 0 Å². The van der Waals surface area contributed by atoms with Gasteiger partial charge in [0, 0.05) is 29.6 Å². The van der Waals surface area contributed by atoms with Gasteiger partial charge in [-0.2, -0.15) is 0 Å². The zero-order valence-electron chi connectivity index (χ0n) is 11.5. The van der Waals surface area contributed by atoms with Crippen LogP contribution < -0.4 is 10.1 Å². The minimum atomic E-state index is -0.478. The molecule has 1 N–H and O–H groups in total. The monoisotopic (exact) mass is 344 g/mol. The summed E-state index contributed by atoms with van der Waals surface area (Å²) >= 11 is 3.17. The summed E-state index contributed by atoms with van der Waals surface area (Å²) in [4.78, 5) is 13.8. The number of hydrogen-bond donors (Lipinski definition) is 1. The van der Waals surface area contributed by atoms with Crippen LogP contribution in [0.25, 0.3) is 0 Å². The third-order valence-electron chi connectivity index (χ3n) is 3.16. The zero-order valence-corrected chi connectivity index (χ0v) is 13.1. The molecule has 1 aliphatic rings. The van der Waals surface area contributed by atoms with Gasteiger partial charge in [-0.3, -0.25) is 4.79 Å². The topological polar surface area (TPSA) is 41.6 Å². The van der Waals surface area contributed by atoms with E-state index in [1.807, 2.05) is 13.8 Å². The molecule has 110 valence electrons. The van der Waals surface area contributed by atoms with Gasteiger partial charge in [0.15, 0.2) is 18.2 Å². The van der Waals surface area contributed by atoms with E-state index < -0.39 is 5.82 Å². The van der Waals surface area contributed by atoms with Crippen molar-refractivity contribution in [3.8, 4) is 5.75 Å². The van der Waals surface area contributed by atoms with Gasteiger partial charge in [0.25, 0.3) is 5.91 Å². The van der Waals surface area contributed by atoms with Gasteiger partial charge in [-0.25, -0.2) is 4.39 Å². The first-order valence-electron chi connectivity index (χ1n) is 6.57. The van der Waals surface area contributed by atoms with Crippen molar-refractivity contribution in [3.63, 3.8) is 0 Å². The summed E-state index contributed by atoms with van der Waals surface area (Å²) in [6.45, 7) is 5.22. The van der Waals surface area contributed by atoms with Crippen LogP contribution in [0.3, 0.4) is 0 Å². The zero-order chi connectivity index (χ0) is 14.7. The molecule has 1 amide bonds. The number of nitrogens with zero attached hydrogens (tertiary/aromatic N) is 1. The second-order valence-corrected chi connectivity index (χ2v) is 6.05. The third kappa shape index (κ3) is 3.93. The molecule has 2 atom stereocenters. The molecule has 20 heavy (non-hydrogen) atoms. The standard InChI is InChI=1S/C14H18BrFN2O2/c1-9-6-18(7-10(2)17-9)14(19)8-20-13-4-3-11(15)5-12(13)16/h3-5,9-10,17H,6-8H2,1-2H3/t9-,10-/m0/s1. The fourth-order valence-electron chi connectivity index (χ4n) is 2.35. The maximum absolute atomic E-state index is 13.6. The van der Waals surface area contributed by atoms with Crippen molar-refractivity contribution in [2.45, 2.75) is 25.9 Å². The second kappa shape index (κ2) is 6.54. The lowest BCUT2D eigenvalue weighted by Crippen LogP contribution is -2.56. The van der Waals surface area contributed by atoms with Gasteiger partial charge in [0.1, 0.15) is 0 Å². The molecule has 6 heteroatoms. The van der Waals surface area contributed by atoms with Gasteiger partial charge in [-0.05, 0) is 32.0 Å². The number of rotatable bonds is 3. The predicted octanol–water partition coefficient (Wildman–Crippen LogP) is 2.18. The first-order valence-corrected chi connectivity index (χ1v) is 7.36. The number of halogens is 2. The van der Waals surface area contributed by atoms with E-state index in [0.717, 1.165) is 0 Å². The Bertz CT molecular complexity index is 488. The minimum Gasteiger partial charge on any atom is -0.481 e. The molecule has 0 aromatic heterocycles. The Hall–Kier alpha value is -1.14. The number of piperazine rings is 1. The first kappa shape index (κ1) is 15.3. The Morgan fingerprint density at radius 2 is 2.10 bits per heavy atom. The highest BCUT2D eigenvalue weighted by Crippen LogP contribution is 2.21. The smallest absolute Gasteiger partial charge is 0.260 e. The predicted molar refractivity (Wildman–Crippen MR) is 78.2 cm³/mol. The van der Waals surface area contributed by atoms with E-state index in [1.165, 1.54) is 12.1 Å². The molecule has 1 aromatic rings. The molecule has 1 aromatic carbocycles. The summed E-state index contributed by atoms with van der Waals surface area (Å²) in [5.74, 6) is -0.500. The van der Waals surface area contributed by atoms with Crippen LogP contribution in [-0.4, -0.2) is 42.6 Å². The maximum atomic E-state index is 13.6. The molecular formula is C14H18BrFN2O2. The van der Waals surface area contributed by atoms with Crippen molar-refractivity contribution in [2.75, 3.05) is 19.7 Å². The molecule has 0 saturated carbocycles. The van der Waals surface area contributed by atoms with Gasteiger partial charge < -0.3 is 15.0 Å². The van der Waals surface area contributed by atoms with Crippen molar-refractivity contribution in [3.05, 3.63) is 28.5 Å². The van der Waals surface area contributed by atoms with Crippen LogP contribution in [0.1, 0.15) is 13.8 Å². The Morgan fingerprint density at radius 1 is 1.45 bits per heavy atom. The SMILES string of the molecule is C[C@H]1CN(C(=O)COc2ccc(Br)cc2F)C[C@H](C)N1. The van der Waals surface area contributed by atoms with Gasteiger partial charge in [-0.1, -0.05) is 15.9 Å². The molecule has 1 saturated heterocycles. The van der Waals surface area contributed by atoms with Crippen LogP contribution in [0.5, 0.6) is 5.75 Å². The average Bonchev–Trinajstić information content (AvgIpc) is 2.36. The minimum absolute atomic E-state index is 0.0952. The average molecular weight is 345 g/mol. The fourth-order valence-corrected chi connectivity index (χ4v) is 2.69. The van der Waals surface area contributed by atoms with Crippen LogP contribution >= 0.6 is 15.9 Å². The van der Waals surface area contributed by atoms with Crippen LogP contribution in [-0.2, 0) is 4.79 Å². The molecule has 0 unspecified atom stereocenters. The number of nitrogens with one attached hydrogen (secondary N) is 1. The third-order valence-corrected chi connectivity index (χ3v) is 3.65. The molecule has 0 aliphatic carbocycles. The largest absolute Gasteiger partial charge is 0.481 e. The molecule has 0 bridgehead atoms. The highest BCUT2D eigenvalue weighted by atomic mass is 79.9. The van der Waals surface area contributed by atoms with Crippen LogP contribution in [0.15, 0.2) is 22.7 Å². The Labute approximate surface area is 126 Å². The van der Waals surface area contributed by atoms with Crippen LogP contribution in [0.2, 0.25) is 0 Å². The van der Waals surface area contributed by atoms with E-state index >= 15 is 0 Å². The van der Waals surface area contributed by atoms with Crippen molar-refractivity contribution >= 4 is 21.8 Å².